The van der Waals surface area contributed by atoms with Gasteiger partial charge in [-0.05, 0) is 25.1 Å². The van der Waals surface area contributed by atoms with Crippen LogP contribution in [0.25, 0.3) is 0 Å². The van der Waals surface area contributed by atoms with Crippen molar-refractivity contribution in [2.45, 2.75) is 6.92 Å². The van der Waals surface area contributed by atoms with Gasteiger partial charge in [0.1, 0.15) is 0 Å². The number of nitro benzene ring substituents is 1. The van der Waals surface area contributed by atoms with Gasteiger partial charge in [-0.1, -0.05) is 12.1 Å². The minimum absolute atomic E-state index is 0.0665. The van der Waals surface area contributed by atoms with Crippen LogP contribution >= 0.6 is 0 Å². The van der Waals surface area contributed by atoms with E-state index in [0.717, 1.165) is 6.07 Å². The van der Waals surface area contributed by atoms with Gasteiger partial charge in [0.15, 0.2) is 18.1 Å². The number of non-ortho nitro benzene ring substituents is 1. The minimum Gasteiger partial charge on any atom is -0.490 e. The molecule has 0 spiro atoms. The maximum atomic E-state index is 12.1. The maximum absolute atomic E-state index is 12.1. The van der Waals surface area contributed by atoms with Crippen LogP contribution in [0.3, 0.4) is 0 Å². The first-order valence-electron chi connectivity index (χ1n) is 8.10. The Bertz CT molecular complexity index is 912. The molecule has 2 aromatic rings. The Kier molecular flexibility index (Phi) is 7.03. The fraction of sp³-hybridized carbons (Fsp3) is 0.167. The summed E-state index contributed by atoms with van der Waals surface area (Å²) < 4.78 is 10.7. The zero-order chi connectivity index (χ0) is 20.5. The molecule has 0 unspecified atom stereocenters. The zero-order valence-corrected chi connectivity index (χ0v) is 14.8. The summed E-state index contributed by atoms with van der Waals surface area (Å²) in [7, 11) is 0. The molecule has 10 heteroatoms. The van der Waals surface area contributed by atoms with E-state index in [1.165, 1.54) is 24.4 Å². The van der Waals surface area contributed by atoms with Gasteiger partial charge in [0, 0.05) is 23.3 Å². The summed E-state index contributed by atoms with van der Waals surface area (Å²) in [6.45, 7) is 1.53. The lowest BCUT2D eigenvalue weighted by atomic mass is 10.2. The number of benzene rings is 2. The minimum atomic E-state index is -1.16. The number of carboxylic acids is 1. The van der Waals surface area contributed by atoms with Gasteiger partial charge in [-0.25, -0.2) is 10.2 Å². The second kappa shape index (κ2) is 9.67. The molecule has 0 aliphatic rings. The van der Waals surface area contributed by atoms with Crippen molar-refractivity contribution in [2.24, 2.45) is 5.10 Å². The fourth-order valence-corrected chi connectivity index (χ4v) is 2.18. The molecule has 0 radical (unpaired) electrons. The van der Waals surface area contributed by atoms with E-state index in [1.54, 1.807) is 25.1 Å². The van der Waals surface area contributed by atoms with E-state index in [-0.39, 0.29) is 17.0 Å². The predicted molar refractivity (Wildman–Crippen MR) is 98.9 cm³/mol. The Balaban J connectivity index is 2.17. The summed E-state index contributed by atoms with van der Waals surface area (Å²) in [6.07, 6.45) is 1.26. The average Bonchev–Trinajstić information content (AvgIpc) is 2.67. The zero-order valence-electron chi connectivity index (χ0n) is 14.8. The lowest BCUT2D eigenvalue weighted by molar-refractivity contribution is -0.384. The number of nitrogens with zero attached hydrogens (tertiary/aromatic N) is 2. The number of nitrogens with one attached hydrogen (secondary N) is 1. The van der Waals surface area contributed by atoms with Crippen molar-refractivity contribution in [1.29, 1.82) is 0 Å². The van der Waals surface area contributed by atoms with Gasteiger partial charge >= 0.3 is 5.97 Å². The number of hydrogen-bond acceptors (Lipinski definition) is 7. The molecule has 2 rings (SSSR count). The van der Waals surface area contributed by atoms with Crippen molar-refractivity contribution in [3.05, 3.63) is 63.7 Å². The highest BCUT2D eigenvalue weighted by Gasteiger charge is 2.13. The van der Waals surface area contributed by atoms with Gasteiger partial charge in [0.25, 0.3) is 11.6 Å². The first-order valence-corrected chi connectivity index (χ1v) is 8.10. The van der Waals surface area contributed by atoms with E-state index in [1.807, 2.05) is 0 Å². The highest BCUT2D eigenvalue weighted by molar-refractivity contribution is 5.95. The number of carboxylic acid groups (broad SMARTS) is 1. The number of hydrogen-bond donors (Lipinski definition) is 2. The van der Waals surface area contributed by atoms with Crippen molar-refractivity contribution in [3.8, 4) is 11.5 Å². The first-order chi connectivity index (χ1) is 13.4. The number of carbonyl (C=O) groups is 2. The number of amides is 1. The number of para-hydroxylation sites is 1. The molecule has 0 heterocycles. The number of hydrazone groups is 1. The molecule has 0 bridgehead atoms. The first kappa shape index (κ1) is 20.4. The molecule has 146 valence electrons. The van der Waals surface area contributed by atoms with Crippen LogP contribution in [0.2, 0.25) is 0 Å². The van der Waals surface area contributed by atoms with Crippen LogP contribution in [-0.2, 0) is 4.79 Å². The lowest BCUT2D eigenvalue weighted by Gasteiger charge is -2.12. The monoisotopic (exact) mass is 387 g/mol. The van der Waals surface area contributed by atoms with Gasteiger partial charge in [0.05, 0.1) is 17.7 Å². The van der Waals surface area contributed by atoms with Crippen LogP contribution < -0.4 is 14.9 Å². The molecule has 0 aromatic heterocycles. The number of carbonyl (C=O) groups excluding carboxylic acids is 1. The molecular formula is C18H17N3O7. The second-order valence-corrected chi connectivity index (χ2v) is 5.30. The van der Waals surface area contributed by atoms with Crippen molar-refractivity contribution < 1.29 is 29.1 Å². The lowest BCUT2D eigenvalue weighted by Crippen LogP contribution is -2.18. The Morgan fingerprint density at radius 3 is 2.68 bits per heavy atom. The normalized spacial score (nSPS) is 10.5. The van der Waals surface area contributed by atoms with E-state index < -0.39 is 23.4 Å². The third kappa shape index (κ3) is 5.53. The van der Waals surface area contributed by atoms with E-state index in [2.05, 4.69) is 10.5 Å². The third-order valence-electron chi connectivity index (χ3n) is 3.34. The van der Waals surface area contributed by atoms with Crippen LogP contribution in [0, 0.1) is 10.1 Å². The average molecular weight is 387 g/mol. The highest BCUT2D eigenvalue weighted by atomic mass is 16.6. The van der Waals surface area contributed by atoms with Gasteiger partial charge < -0.3 is 14.6 Å². The van der Waals surface area contributed by atoms with Crippen LogP contribution in [0.1, 0.15) is 22.8 Å². The van der Waals surface area contributed by atoms with Gasteiger partial charge in [-0.3, -0.25) is 14.9 Å². The molecule has 0 aliphatic heterocycles. The SMILES string of the molecule is CCOc1cccc(/C=N/NC(=O)c2cccc([N+](=O)[O-])c2)c1OCC(=O)O. The quantitative estimate of drug-likeness (QED) is 0.382. The second-order valence-electron chi connectivity index (χ2n) is 5.30. The van der Waals surface area contributed by atoms with Gasteiger partial charge in [-0.2, -0.15) is 5.10 Å². The number of ether oxygens (including phenoxy) is 2. The summed E-state index contributed by atoms with van der Waals surface area (Å²) in [5.41, 5.74) is 2.48. The van der Waals surface area contributed by atoms with Crippen molar-refractivity contribution >= 4 is 23.8 Å². The van der Waals surface area contributed by atoms with E-state index in [9.17, 15) is 19.7 Å². The Morgan fingerprint density at radius 2 is 2.00 bits per heavy atom. The molecule has 28 heavy (non-hydrogen) atoms. The maximum Gasteiger partial charge on any atom is 0.341 e. The molecule has 2 N–H and O–H groups in total. The number of aliphatic carboxylic acids is 1. The summed E-state index contributed by atoms with van der Waals surface area (Å²) in [5.74, 6) is -1.31. The number of nitro groups is 1. The molecular weight excluding hydrogens is 370 g/mol. The third-order valence-corrected chi connectivity index (χ3v) is 3.34. The van der Waals surface area contributed by atoms with Crippen molar-refractivity contribution in [2.75, 3.05) is 13.2 Å². The predicted octanol–water partition coefficient (Wildman–Crippen LogP) is 2.22. The van der Waals surface area contributed by atoms with Crippen LogP contribution in [0.5, 0.6) is 11.5 Å². The van der Waals surface area contributed by atoms with E-state index >= 15 is 0 Å². The van der Waals surface area contributed by atoms with Crippen LogP contribution in [-0.4, -0.2) is 41.3 Å². The van der Waals surface area contributed by atoms with E-state index in [4.69, 9.17) is 14.6 Å². The molecule has 0 saturated heterocycles. The summed E-state index contributed by atoms with van der Waals surface area (Å²) >= 11 is 0. The summed E-state index contributed by atoms with van der Waals surface area (Å²) in [4.78, 5) is 33.1. The highest BCUT2D eigenvalue weighted by Crippen LogP contribution is 2.30. The molecule has 10 nitrogen and oxygen atoms in total. The fourth-order valence-electron chi connectivity index (χ4n) is 2.18. The topological polar surface area (TPSA) is 140 Å². The Labute approximate surface area is 159 Å². The largest absolute Gasteiger partial charge is 0.490 e. The smallest absolute Gasteiger partial charge is 0.341 e. The molecule has 0 fully saturated rings. The van der Waals surface area contributed by atoms with Crippen molar-refractivity contribution in [3.63, 3.8) is 0 Å². The molecule has 0 aliphatic carbocycles. The Morgan fingerprint density at radius 1 is 1.25 bits per heavy atom. The van der Waals surface area contributed by atoms with E-state index in [0.29, 0.717) is 17.9 Å². The van der Waals surface area contributed by atoms with Gasteiger partial charge in [0.2, 0.25) is 0 Å². The molecule has 0 saturated carbocycles. The Hall–Kier alpha value is -3.95. The van der Waals surface area contributed by atoms with Crippen LogP contribution in [0.4, 0.5) is 5.69 Å². The number of rotatable bonds is 9. The summed E-state index contributed by atoms with van der Waals surface area (Å²) in [5, 5.41) is 23.4. The summed E-state index contributed by atoms with van der Waals surface area (Å²) in [6, 6.07) is 10.1. The standard InChI is InChI=1S/C18H17N3O7/c1-2-27-15-8-4-6-13(17(15)28-11-16(22)23)10-19-20-18(24)12-5-3-7-14(9-12)21(25)26/h3-10H,2,11H2,1H3,(H,20,24)(H,22,23)/b19-10+. The molecule has 1 amide bonds. The molecule has 2 aromatic carbocycles. The van der Waals surface area contributed by atoms with Gasteiger partial charge in [-0.15, -0.1) is 0 Å². The van der Waals surface area contributed by atoms with Crippen LogP contribution in [0.15, 0.2) is 47.6 Å². The molecule has 0 atom stereocenters. The van der Waals surface area contributed by atoms with Crippen molar-refractivity contribution in [1.82, 2.24) is 5.43 Å².